The molecule has 1 aromatic heterocycles. The Morgan fingerprint density at radius 2 is 2.20 bits per heavy atom. The average molecular weight is 197 g/mol. The fourth-order valence-electron chi connectivity index (χ4n) is 2.81. The van der Waals surface area contributed by atoms with Gasteiger partial charge in [-0.15, -0.1) is 0 Å². The summed E-state index contributed by atoms with van der Waals surface area (Å²) in [4.78, 5) is 4.49. The van der Waals surface area contributed by atoms with Gasteiger partial charge in [-0.3, -0.25) is 4.98 Å². The zero-order valence-corrected chi connectivity index (χ0v) is 8.76. The third-order valence-electron chi connectivity index (χ3n) is 3.57. The van der Waals surface area contributed by atoms with E-state index in [1.54, 1.807) is 5.57 Å². The number of hydrogen-bond donors (Lipinski definition) is 0. The van der Waals surface area contributed by atoms with Gasteiger partial charge < -0.3 is 0 Å². The van der Waals surface area contributed by atoms with E-state index in [0.29, 0.717) is 5.92 Å². The van der Waals surface area contributed by atoms with Gasteiger partial charge in [-0.2, -0.15) is 0 Å². The molecule has 1 aromatic rings. The highest BCUT2D eigenvalue weighted by Gasteiger charge is 2.31. The molecule has 0 aromatic carbocycles. The van der Waals surface area contributed by atoms with Gasteiger partial charge >= 0.3 is 0 Å². The Bertz CT molecular complexity index is 403. The Morgan fingerprint density at radius 1 is 1.20 bits per heavy atom. The Labute approximate surface area is 90.5 Å². The molecule has 0 N–H and O–H groups in total. The highest BCUT2D eigenvalue weighted by Crippen LogP contribution is 2.45. The molecule has 0 radical (unpaired) electrons. The minimum atomic E-state index is 0.584. The van der Waals surface area contributed by atoms with E-state index in [1.165, 1.54) is 25.0 Å². The predicted octanol–water partition coefficient (Wildman–Crippen LogP) is 3.46. The number of aromatic nitrogens is 1. The van der Waals surface area contributed by atoms with Crippen molar-refractivity contribution in [3.05, 3.63) is 53.9 Å². The van der Waals surface area contributed by atoms with Crippen molar-refractivity contribution in [3.63, 3.8) is 0 Å². The van der Waals surface area contributed by atoms with Crippen LogP contribution in [-0.4, -0.2) is 4.98 Å². The lowest BCUT2D eigenvalue weighted by atomic mass is 9.89. The fraction of sp³-hybridized carbons (Fsp3) is 0.357. The summed E-state index contributed by atoms with van der Waals surface area (Å²) in [7, 11) is 0. The van der Waals surface area contributed by atoms with E-state index in [1.807, 2.05) is 12.3 Å². The van der Waals surface area contributed by atoms with Gasteiger partial charge in [0.1, 0.15) is 0 Å². The van der Waals surface area contributed by atoms with E-state index in [0.717, 1.165) is 5.92 Å². The van der Waals surface area contributed by atoms with Crippen LogP contribution in [0.3, 0.4) is 0 Å². The van der Waals surface area contributed by atoms with Crippen LogP contribution in [0.25, 0.3) is 0 Å². The molecular weight excluding hydrogens is 182 g/mol. The molecular formula is C14H15N. The summed E-state index contributed by atoms with van der Waals surface area (Å²) in [5.41, 5.74) is 2.86. The van der Waals surface area contributed by atoms with Crippen molar-refractivity contribution in [2.24, 2.45) is 5.92 Å². The van der Waals surface area contributed by atoms with E-state index in [4.69, 9.17) is 0 Å². The molecule has 1 heterocycles. The van der Waals surface area contributed by atoms with Gasteiger partial charge in [-0.05, 0) is 37.3 Å². The monoisotopic (exact) mass is 197 g/mol. The van der Waals surface area contributed by atoms with Crippen LogP contribution in [0.5, 0.6) is 0 Å². The van der Waals surface area contributed by atoms with Crippen molar-refractivity contribution in [1.29, 1.82) is 0 Å². The largest absolute Gasteiger partial charge is 0.261 e. The fourth-order valence-corrected chi connectivity index (χ4v) is 2.81. The average Bonchev–Trinajstić information content (AvgIpc) is 2.74. The van der Waals surface area contributed by atoms with Crippen molar-refractivity contribution in [3.8, 4) is 0 Å². The van der Waals surface area contributed by atoms with Crippen LogP contribution in [0, 0.1) is 5.92 Å². The molecule has 1 fully saturated rings. The molecule has 1 nitrogen and oxygen atoms in total. The molecule has 1 saturated carbocycles. The molecule has 1 heteroatoms. The van der Waals surface area contributed by atoms with Crippen LogP contribution in [-0.2, 0) is 0 Å². The predicted molar refractivity (Wildman–Crippen MR) is 61.5 cm³/mol. The molecule has 76 valence electrons. The highest BCUT2D eigenvalue weighted by molar-refractivity contribution is 5.34. The van der Waals surface area contributed by atoms with E-state index in [-0.39, 0.29) is 0 Å². The van der Waals surface area contributed by atoms with Crippen LogP contribution < -0.4 is 0 Å². The molecule has 3 rings (SSSR count). The molecule has 15 heavy (non-hydrogen) atoms. The number of nitrogens with zero attached hydrogens (tertiary/aromatic N) is 1. The molecule has 2 aliphatic rings. The van der Waals surface area contributed by atoms with E-state index >= 15 is 0 Å². The lowest BCUT2D eigenvalue weighted by molar-refractivity contribution is 0.632. The number of rotatable bonds is 1. The molecule has 0 spiro atoms. The maximum atomic E-state index is 4.49. The lowest BCUT2D eigenvalue weighted by Gasteiger charge is -2.17. The summed E-state index contributed by atoms with van der Waals surface area (Å²) in [6, 6.07) is 6.24. The first-order valence-electron chi connectivity index (χ1n) is 5.72. The first-order valence-corrected chi connectivity index (χ1v) is 5.72. The summed E-state index contributed by atoms with van der Waals surface area (Å²) < 4.78 is 0. The molecule has 0 saturated heterocycles. The topological polar surface area (TPSA) is 12.9 Å². The molecule has 0 bridgehead atoms. The van der Waals surface area contributed by atoms with Crippen LogP contribution in [0.4, 0.5) is 0 Å². The van der Waals surface area contributed by atoms with Crippen molar-refractivity contribution in [2.45, 2.75) is 25.2 Å². The van der Waals surface area contributed by atoms with Crippen LogP contribution in [0.15, 0.2) is 48.2 Å². The van der Waals surface area contributed by atoms with Crippen LogP contribution in [0.2, 0.25) is 0 Å². The van der Waals surface area contributed by atoms with Crippen molar-refractivity contribution >= 4 is 0 Å². The van der Waals surface area contributed by atoms with E-state index in [2.05, 4.69) is 35.3 Å². The summed E-state index contributed by atoms with van der Waals surface area (Å²) in [5, 5.41) is 0. The van der Waals surface area contributed by atoms with Gasteiger partial charge in [0.15, 0.2) is 0 Å². The van der Waals surface area contributed by atoms with Gasteiger partial charge in [0, 0.05) is 17.8 Å². The number of hydrogen-bond acceptors (Lipinski definition) is 1. The molecule has 0 amide bonds. The normalized spacial score (nSPS) is 28.7. The minimum Gasteiger partial charge on any atom is -0.261 e. The maximum absolute atomic E-state index is 4.49. The third kappa shape index (κ3) is 1.52. The molecule has 2 atom stereocenters. The van der Waals surface area contributed by atoms with Gasteiger partial charge in [0.05, 0.1) is 0 Å². The van der Waals surface area contributed by atoms with Gasteiger partial charge in [0.25, 0.3) is 0 Å². The van der Waals surface area contributed by atoms with Crippen molar-refractivity contribution in [2.75, 3.05) is 0 Å². The van der Waals surface area contributed by atoms with Gasteiger partial charge in [-0.1, -0.05) is 29.9 Å². The number of pyridine rings is 1. The number of fused-ring (bicyclic) bond motifs is 1. The van der Waals surface area contributed by atoms with Crippen molar-refractivity contribution < 1.29 is 0 Å². The van der Waals surface area contributed by atoms with Gasteiger partial charge in [-0.25, -0.2) is 0 Å². The number of allylic oxidation sites excluding steroid dienone is 4. The first kappa shape index (κ1) is 8.90. The van der Waals surface area contributed by atoms with Crippen LogP contribution in [0.1, 0.15) is 30.9 Å². The Hall–Kier alpha value is -1.37. The highest BCUT2D eigenvalue weighted by atomic mass is 14.7. The van der Waals surface area contributed by atoms with Crippen molar-refractivity contribution in [1.82, 2.24) is 4.98 Å². The summed E-state index contributed by atoms with van der Waals surface area (Å²) in [6.45, 7) is 0. The standard InChI is InChI=1S/C14H15N/c1-2-6-12-11(5-1)8-9-13(12)14-7-3-4-10-15-14/h1-4,6-7,10-11,13H,5,8-9H2. The SMILES string of the molecule is C1=CCC2CCC(c3ccccn3)C2=C1. The van der Waals surface area contributed by atoms with Crippen LogP contribution >= 0.6 is 0 Å². The van der Waals surface area contributed by atoms with E-state index < -0.39 is 0 Å². The van der Waals surface area contributed by atoms with E-state index in [9.17, 15) is 0 Å². The second-order valence-corrected chi connectivity index (χ2v) is 4.41. The second-order valence-electron chi connectivity index (χ2n) is 4.41. The Balaban J connectivity index is 1.95. The third-order valence-corrected chi connectivity index (χ3v) is 3.57. The molecule has 0 aliphatic heterocycles. The minimum absolute atomic E-state index is 0.584. The first-order chi connectivity index (χ1) is 7.45. The quantitative estimate of drug-likeness (QED) is 0.671. The lowest BCUT2D eigenvalue weighted by Crippen LogP contribution is -2.04. The summed E-state index contributed by atoms with van der Waals surface area (Å²) in [6.07, 6.45) is 12.5. The summed E-state index contributed by atoms with van der Waals surface area (Å²) >= 11 is 0. The molecule has 2 unspecified atom stereocenters. The zero-order chi connectivity index (χ0) is 10.1. The Kier molecular flexibility index (Phi) is 2.17. The molecule has 2 aliphatic carbocycles. The van der Waals surface area contributed by atoms with Gasteiger partial charge in [0.2, 0.25) is 0 Å². The summed E-state index contributed by atoms with van der Waals surface area (Å²) in [5.74, 6) is 1.38. The smallest absolute Gasteiger partial charge is 0.0475 e. The maximum Gasteiger partial charge on any atom is 0.0475 e. The Morgan fingerprint density at radius 3 is 3.07 bits per heavy atom. The second kappa shape index (κ2) is 3.65. The zero-order valence-electron chi connectivity index (χ0n) is 8.76.